The van der Waals surface area contributed by atoms with Crippen molar-refractivity contribution in [3.63, 3.8) is 0 Å². The van der Waals surface area contributed by atoms with Crippen molar-refractivity contribution >= 4 is 17.2 Å². The fraction of sp³-hybridized carbons (Fsp3) is 0.250. The Balaban J connectivity index is 1.81. The maximum atomic E-state index is 11.8. The van der Waals surface area contributed by atoms with Crippen LogP contribution >= 0.6 is 11.3 Å². The monoisotopic (exact) mass is 300 g/mol. The molecule has 1 amide bonds. The van der Waals surface area contributed by atoms with Crippen LogP contribution in [0.4, 0.5) is 0 Å². The van der Waals surface area contributed by atoms with E-state index in [2.05, 4.69) is 10.7 Å². The third-order valence-corrected chi connectivity index (χ3v) is 3.63. The fourth-order valence-corrected chi connectivity index (χ4v) is 2.64. The van der Waals surface area contributed by atoms with Gasteiger partial charge >= 0.3 is 0 Å². The minimum absolute atomic E-state index is 0.0434. The molecule has 2 rings (SSSR count). The molecule has 0 aliphatic heterocycles. The molecule has 5 heteroatoms. The standard InChI is InChI=1S/C16H16N2O2S/c1-12(8-13-6-7-21-11-13)18-16(19)10-20-15-5-3-2-4-14(15)9-17/h2-7,11-12H,8,10H2,1H3,(H,18,19). The molecule has 1 aromatic carbocycles. The van der Waals surface area contributed by atoms with Crippen LogP contribution in [0.1, 0.15) is 18.1 Å². The molecule has 1 N–H and O–H groups in total. The molecule has 0 spiro atoms. The molecule has 0 aliphatic carbocycles. The first-order valence-corrected chi connectivity index (χ1v) is 7.55. The highest BCUT2D eigenvalue weighted by Gasteiger charge is 2.10. The van der Waals surface area contributed by atoms with E-state index >= 15 is 0 Å². The molecule has 1 atom stereocenters. The van der Waals surface area contributed by atoms with E-state index in [0.717, 1.165) is 6.42 Å². The Bertz CT molecular complexity index is 632. The van der Waals surface area contributed by atoms with Crippen LogP contribution in [-0.2, 0) is 11.2 Å². The summed E-state index contributed by atoms with van der Waals surface area (Å²) in [5.41, 5.74) is 1.64. The Morgan fingerprint density at radius 3 is 2.95 bits per heavy atom. The predicted octanol–water partition coefficient (Wildman–Crippen LogP) is 2.75. The summed E-state index contributed by atoms with van der Waals surface area (Å²) in [4.78, 5) is 11.8. The Morgan fingerprint density at radius 2 is 2.24 bits per heavy atom. The van der Waals surface area contributed by atoms with Gasteiger partial charge in [0.1, 0.15) is 11.8 Å². The number of benzene rings is 1. The Kier molecular flexibility index (Phi) is 5.35. The smallest absolute Gasteiger partial charge is 0.258 e. The molecule has 1 aromatic heterocycles. The third-order valence-electron chi connectivity index (χ3n) is 2.90. The van der Waals surface area contributed by atoms with Crippen LogP contribution in [0.15, 0.2) is 41.1 Å². The molecule has 0 radical (unpaired) electrons. The summed E-state index contributed by atoms with van der Waals surface area (Å²) in [5.74, 6) is 0.242. The second-order valence-electron chi connectivity index (χ2n) is 4.70. The number of hydrogen-bond donors (Lipinski definition) is 1. The van der Waals surface area contributed by atoms with Gasteiger partial charge in [0.2, 0.25) is 0 Å². The SMILES string of the molecule is CC(Cc1ccsc1)NC(=O)COc1ccccc1C#N. The molecule has 0 fully saturated rings. The topological polar surface area (TPSA) is 62.1 Å². The lowest BCUT2D eigenvalue weighted by Crippen LogP contribution is -2.37. The third kappa shape index (κ3) is 4.62. The van der Waals surface area contributed by atoms with Crippen molar-refractivity contribution in [2.45, 2.75) is 19.4 Å². The minimum atomic E-state index is -0.189. The minimum Gasteiger partial charge on any atom is -0.482 e. The zero-order valence-corrected chi connectivity index (χ0v) is 12.5. The van der Waals surface area contributed by atoms with Gasteiger partial charge in [0.15, 0.2) is 6.61 Å². The number of nitrogens with zero attached hydrogens (tertiary/aromatic N) is 1. The number of rotatable bonds is 6. The average molecular weight is 300 g/mol. The summed E-state index contributed by atoms with van der Waals surface area (Å²) in [6, 6.07) is 11.0. The van der Waals surface area contributed by atoms with Gasteiger partial charge < -0.3 is 10.1 Å². The molecule has 21 heavy (non-hydrogen) atoms. The van der Waals surface area contributed by atoms with Crippen molar-refractivity contribution in [1.82, 2.24) is 5.32 Å². The van der Waals surface area contributed by atoms with Gasteiger partial charge in [-0.25, -0.2) is 0 Å². The van der Waals surface area contributed by atoms with Gasteiger partial charge in [-0.3, -0.25) is 4.79 Å². The predicted molar refractivity (Wildman–Crippen MR) is 82.3 cm³/mol. The van der Waals surface area contributed by atoms with Crippen molar-refractivity contribution in [3.05, 3.63) is 52.2 Å². The first-order chi connectivity index (χ1) is 10.2. The average Bonchev–Trinajstić information content (AvgIpc) is 2.98. The normalized spacial score (nSPS) is 11.4. The molecular weight excluding hydrogens is 284 g/mol. The molecule has 4 nitrogen and oxygen atoms in total. The summed E-state index contributed by atoms with van der Waals surface area (Å²) < 4.78 is 5.39. The van der Waals surface area contributed by atoms with Crippen molar-refractivity contribution in [2.75, 3.05) is 6.61 Å². The summed E-state index contributed by atoms with van der Waals surface area (Å²) in [5, 5.41) is 15.9. The molecule has 0 saturated carbocycles. The van der Waals surface area contributed by atoms with Crippen molar-refractivity contribution in [1.29, 1.82) is 5.26 Å². The number of ether oxygens (including phenoxy) is 1. The molecule has 0 saturated heterocycles. The van der Waals surface area contributed by atoms with Crippen LogP contribution in [0.5, 0.6) is 5.75 Å². The van der Waals surface area contributed by atoms with Crippen LogP contribution in [0.3, 0.4) is 0 Å². The fourth-order valence-electron chi connectivity index (χ4n) is 1.96. The Labute approximate surface area is 128 Å². The highest BCUT2D eigenvalue weighted by molar-refractivity contribution is 7.07. The number of para-hydroxylation sites is 1. The van der Waals surface area contributed by atoms with Gasteiger partial charge in [-0.15, -0.1) is 0 Å². The van der Waals surface area contributed by atoms with Gasteiger partial charge in [-0.2, -0.15) is 16.6 Å². The van der Waals surface area contributed by atoms with E-state index in [4.69, 9.17) is 10.00 Å². The van der Waals surface area contributed by atoms with Crippen LogP contribution in [-0.4, -0.2) is 18.6 Å². The quantitative estimate of drug-likeness (QED) is 0.892. The summed E-state index contributed by atoms with van der Waals surface area (Å²) in [6.07, 6.45) is 0.796. The molecule has 2 aromatic rings. The number of carbonyl (C=O) groups excluding carboxylic acids is 1. The van der Waals surface area contributed by atoms with Gasteiger partial charge in [0.25, 0.3) is 5.91 Å². The molecular formula is C16H16N2O2S. The lowest BCUT2D eigenvalue weighted by Gasteiger charge is -2.14. The Morgan fingerprint density at radius 1 is 1.43 bits per heavy atom. The summed E-state index contributed by atoms with van der Waals surface area (Å²) in [6.45, 7) is 1.87. The summed E-state index contributed by atoms with van der Waals surface area (Å²) in [7, 11) is 0. The zero-order valence-electron chi connectivity index (χ0n) is 11.7. The van der Waals surface area contributed by atoms with E-state index in [1.165, 1.54) is 5.56 Å². The molecule has 0 bridgehead atoms. The van der Waals surface area contributed by atoms with Gasteiger partial charge in [0.05, 0.1) is 5.56 Å². The summed E-state index contributed by atoms with van der Waals surface area (Å²) >= 11 is 1.64. The zero-order chi connectivity index (χ0) is 15.1. The van der Waals surface area contributed by atoms with Gasteiger partial charge in [-0.05, 0) is 47.9 Å². The van der Waals surface area contributed by atoms with E-state index in [1.54, 1.807) is 35.6 Å². The van der Waals surface area contributed by atoms with E-state index < -0.39 is 0 Å². The van der Waals surface area contributed by atoms with Crippen molar-refractivity contribution in [3.8, 4) is 11.8 Å². The first kappa shape index (κ1) is 15.1. The largest absolute Gasteiger partial charge is 0.482 e. The van der Waals surface area contributed by atoms with Gasteiger partial charge in [0, 0.05) is 6.04 Å². The van der Waals surface area contributed by atoms with Crippen LogP contribution in [0.25, 0.3) is 0 Å². The van der Waals surface area contributed by atoms with E-state index in [9.17, 15) is 4.79 Å². The number of nitriles is 1. The number of thiophene rings is 1. The number of carbonyl (C=O) groups is 1. The van der Waals surface area contributed by atoms with Crippen LogP contribution in [0, 0.1) is 11.3 Å². The number of amides is 1. The number of nitrogens with one attached hydrogen (secondary N) is 1. The van der Waals surface area contributed by atoms with E-state index in [0.29, 0.717) is 11.3 Å². The van der Waals surface area contributed by atoms with Crippen molar-refractivity contribution < 1.29 is 9.53 Å². The highest BCUT2D eigenvalue weighted by atomic mass is 32.1. The first-order valence-electron chi connectivity index (χ1n) is 6.61. The second kappa shape index (κ2) is 7.46. The Hall–Kier alpha value is -2.32. The van der Waals surface area contributed by atoms with Crippen LogP contribution in [0.2, 0.25) is 0 Å². The highest BCUT2D eigenvalue weighted by Crippen LogP contribution is 2.16. The molecule has 1 heterocycles. The number of hydrogen-bond acceptors (Lipinski definition) is 4. The van der Waals surface area contributed by atoms with Gasteiger partial charge in [-0.1, -0.05) is 12.1 Å². The van der Waals surface area contributed by atoms with Crippen LogP contribution < -0.4 is 10.1 Å². The maximum absolute atomic E-state index is 11.8. The lowest BCUT2D eigenvalue weighted by molar-refractivity contribution is -0.123. The molecule has 1 unspecified atom stereocenters. The van der Waals surface area contributed by atoms with E-state index in [1.807, 2.05) is 24.4 Å². The maximum Gasteiger partial charge on any atom is 0.258 e. The molecule has 108 valence electrons. The second-order valence-corrected chi connectivity index (χ2v) is 5.48. The van der Waals surface area contributed by atoms with E-state index in [-0.39, 0.29) is 18.6 Å². The lowest BCUT2D eigenvalue weighted by atomic mass is 10.1. The van der Waals surface area contributed by atoms with Crippen molar-refractivity contribution in [2.24, 2.45) is 0 Å². The molecule has 0 aliphatic rings.